The predicted octanol–water partition coefficient (Wildman–Crippen LogP) is 4.63. The molecule has 34 heavy (non-hydrogen) atoms. The van der Waals surface area contributed by atoms with Crippen molar-refractivity contribution >= 4 is 49.2 Å². The summed E-state index contributed by atoms with van der Waals surface area (Å²) in [4.78, 5) is 43.3. The molecule has 0 radical (unpaired) electrons. The molecule has 2 fully saturated rings. The van der Waals surface area contributed by atoms with Gasteiger partial charge in [0.25, 0.3) is 0 Å². The van der Waals surface area contributed by atoms with Crippen LogP contribution in [0.25, 0.3) is 11.3 Å². The highest BCUT2D eigenvalue weighted by Gasteiger charge is 2.49. The molecule has 1 aromatic heterocycles. The Hall–Kier alpha value is -2.65. The monoisotopic (exact) mass is 586 g/mol. The number of aromatic nitrogens is 2. The molecule has 2 unspecified atom stereocenters. The molecular formula is C25H24Br2N4O3. The quantitative estimate of drug-likeness (QED) is 0.335. The largest absolute Gasteiger partial charge is 0.397 e. The minimum absolute atomic E-state index is 0.0260. The lowest BCUT2D eigenvalue weighted by atomic mass is 10.0. The fourth-order valence-electron chi connectivity index (χ4n) is 4.74. The molecule has 0 spiro atoms. The van der Waals surface area contributed by atoms with Crippen LogP contribution in [0.3, 0.4) is 0 Å². The molecule has 3 aromatic rings. The summed E-state index contributed by atoms with van der Waals surface area (Å²) >= 11 is 6.75. The van der Waals surface area contributed by atoms with E-state index in [2.05, 4.69) is 36.8 Å². The molecule has 1 amide bonds. The second-order valence-corrected chi connectivity index (χ2v) is 10.7. The van der Waals surface area contributed by atoms with Crippen LogP contribution in [0.2, 0.25) is 0 Å². The number of anilines is 1. The van der Waals surface area contributed by atoms with Gasteiger partial charge in [0, 0.05) is 51.7 Å². The molecule has 1 aliphatic carbocycles. The smallest absolute Gasteiger partial charge is 0.326 e. The molecule has 1 aliphatic heterocycles. The van der Waals surface area contributed by atoms with Crippen LogP contribution in [0.5, 0.6) is 0 Å². The summed E-state index contributed by atoms with van der Waals surface area (Å²) in [6.45, 7) is 1.16. The van der Waals surface area contributed by atoms with E-state index in [1.54, 1.807) is 16.7 Å². The second-order valence-electron chi connectivity index (χ2n) is 8.97. The van der Waals surface area contributed by atoms with Crippen LogP contribution >= 0.6 is 31.9 Å². The van der Waals surface area contributed by atoms with Crippen LogP contribution in [-0.4, -0.2) is 39.2 Å². The first-order valence-electron chi connectivity index (χ1n) is 11.3. The fraction of sp³-hybridized carbons (Fsp3) is 0.320. The van der Waals surface area contributed by atoms with Gasteiger partial charge in [0.1, 0.15) is 0 Å². The number of nitrogen functional groups attached to an aromatic ring is 1. The highest BCUT2D eigenvalue weighted by atomic mass is 79.9. The van der Waals surface area contributed by atoms with Gasteiger partial charge in [-0.2, -0.15) is 0 Å². The number of hydrogen-bond acceptors (Lipinski definition) is 4. The van der Waals surface area contributed by atoms with Gasteiger partial charge in [-0.1, -0.05) is 30.3 Å². The number of Topliss-reactive ketones (excluding diaryl/α,β-unsaturated/α-hetero) is 1. The molecule has 1 saturated heterocycles. The summed E-state index contributed by atoms with van der Waals surface area (Å²) in [6, 6.07) is 13.2. The lowest BCUT2D eigenvalue weighted by Crippen LogP contribution is -2.41. The number of nitrogens with one attached hydrogen (secondary N) is 1. The highest BCUT2D eigenvalue weighted by molar-refractivity contribution is 9.11. The highest BCUT2D eigenvalue weighted by Crippen LogP contribution is 2.44. The fourth-order valence-corrected chi connectivity index (χ4v) is 5.93. The van der Waals surface area contributed by atoms with Gasteiger partial charge in [-0.25, -0.2) is 4.79 Å². The van der Waals surface area contributed by atoms with Gasteiger partial charge in [0.05, 0.1) is 11.4 Å². The van der Waals surface area contributed by atoms with E-state index in [9.17, 15) is 14.4 Å². The molecule has 2 aliphatic rings. The molecule has 2 heterocycles. The zero-order chi connectivity index (χ0) is 24.0. The number of piperidine rings is 1. The summed E-state index contributed by atoms with van der Waals surface area (Å²) in [7, 11) is 0. The number of carbonyl (C=O) groups is 2. The van der Waals surface area contributed by atoms with E-state index in [0.717, 1.165) is 11.3 Å². The van der Waals surface area contributed by atoms with Gasteiger partial charge < -0.3 is 15.6 Å². The van der Waals surface area contributed by atoms with Crippen molar-refractivity contribution in [3.05, 3.63) is 73.7 Å². The maximum Gasteiger partial charge on any atom is 0.326 e. The van der Waals surface area contributed by atoms with Crippen molar-refractivity contribution in [3.8, 4) is 11.3 Å². The van der Waals surface area contributed by atoms with Crippen molar-refractivity contribution in [2.24, 2.45) is 11.8 Å². The Morgan fingerprint density at radius 3 is 2.29 bits per heavy atom. The average Bonchev–Trinajstić information content (AvgIpc) is 3.56. The van der Waals surface area contributed by atoms with E-state index in [-0.39, 0.29) is 35.3 Å². The molecule has 2 aromatic carbocycles. The Kier molecular flexibility index (Phi) is 6.24. The molecule has 5 rings (SSSR count). The van der Waals surface area contributed by atoms with E-state index >= 15 is 0 Å². The Labute approximate surface area is 213 Å². The van der Waals surface area contributed by atoms with Crippen LogP contribution in [0, 0.1) is 11.8 Å². The lowest BCUT2D eigenvalue weighted by Gasteiger charge is -2.32. The van der Waals surface area contributed by atoms with Gasteiger partial charge in [0.2, 0.25) is 5.91 Å². The normalized spacial score (nSPS) is 20.4. The number of nitrogens with zero attached hydrogens (tertiary/aromatic N) is 2. The number of benzene rings is 2. The van der Waals surface area contributed by atoms with Crippen LogP contribution in [0.1, 0.15) is 35.7 Å². The van der Waals surface area contributed by atoms with Crippen LogP contribution in [0.4, 0.5) is 5.69 Å². The number of nitrogens with two attached hydrogens (primary N) is 1. The van der Waals surface area contributed by atoms with Crippen molar-refractivity contribution in [1.82, 2.24) is 14.5 Å². The number of aromatic amines is 1. The third-order valence-corrected chi connectivity index (χ3v) is 8.12. The van der Waals surface area contributed by atoms with Crippen molar-refractivity contribution in [3.63, 3.8) is 0 Å². The zero-order valence-corrected chi connectivity index (χ0v) is 21.5. The van der Waals surface area contributed by atoms with Crippen molar-refractivity contribution in [2.75, 3.05) is 18.8 Å². The molecule has 176 valence electrons. The standard InChI is InChI=1S/C25H24Br2N4O3/c26-19-10-15(11-20(27)22(19)28)23(32)17-12-18(17)24(33)30-8-6-16(7-9-30)31-13-21(29-25(31)34)14-4-2-1-3-5-14/h1-5,10-11,13,16-18H,6-9,12,28H2,(H,29,34). The number of rotatable bonds is 5. The van der Waals surface area contributed by atoms with E-state index < -0.39 is 0 Å². The average molecular weight is 588 g/mol. The zero-order valence-electron chi connectivity index (χ0n) is 18.3. The number of ketones is 1. The van der Waals surface area contributed by atoms with Crippen molar-refractivity contribution in [2.45, 2.75) is 25.3 Å². The van der Waals surface area contributed by atoms with Crippen LogP contribution in [0.15, 0.2) is 62.4 Å². The van der Waals surface area contributed by atoms with Gasteiger partial charge >= 0.3 is 5.69 Å². The number of amides is 1. The Balaban J connectivity index is 1.20. The second kappa shape index (κ2) is 9.19. The van der Waals surface area contributed by atoms with Gasteiger partial charge in [-0.3, -0.25) is 14.2 Å². The number of carbonyl (C=O) groups excluding carboxylic acids is 2. The van der Waals surface area contributed by atoms with E-state index in [0.29, 0.717) is 52.5 Å². The Morgan fingerprint density at radius 2 is 1.65 bits per heavy atom. The number of likely N-dealkylation sites (tertiary alicyclic amines) is 1. The molecule has 9 heteroatoms. The van der Waals surface area contributed by atoms with Gasteiger partial charge in [0.15, 0.2) is 5.78 Å². The van der Waals surface area contributed by atoms with Crippen molar-refractivity contribution in [1.29, 1.82) is 0 Å². The number of hydrogen-bond donors (Lipinski definition) is 2. The summed E-state index contributed by atoms with van der Waals surface area (Å²) < 4.78 is 3.07. The van der Waals surface area contributed by atoms with E-state index in [4.69, 9.17) is 5.73 Å². The van der Waals surface area contributed by atoms with Gasteiger partial charge in [-0.15, -0.1) is 0 Å². The maximum atomic E-state index is 13.1. The molecular weight excluding hydrogens is 564 g/mol. The molecule has 2 atom stereocenters. The van der Waals surface area contributed by atoms with E-state index in [1.807, 2.05) is 41.4 Å². The first-order valence-corrected chi connectivity index (χ1v) is 12.9. The van der Waals surface area contributed by atoms with E-state index in [1.165, 1.54) is 0 Å². The lowest BCUT2D eigenvalue weighted by molar-refractivity contribution is -0.134. The minimum Gasteiger partial charge on any atom is -0.397 e. The number of halogens is 2. The van der Waals surface area contributed by atoms with Gasteiger partial charge in [-0.05, 0) is 68.8 Å². The number of imidazole rings is 1. The molecule has 1 saturated carbocycles. The Bertz CT molecular complexity index is 1290. The minimum atomic E-state index is -0.284. The van der Waals surface area contributed by atoms with Crippen molar-refractivity contribution < 1.29 is 9.59 Å². The first kappa shape index (κ1) is 23.1. The molecule has 3 N–H and O–H groups in total. The summed E-state index contributed by atoms with van der Waals surface area (Å²) in [6.07, 6.45) is 3.87. The SMILES string of the molecule is Nc1c(Br)cc(C(=O)C2CC2C(=O)N2CCC(n3cc(-c4ccccc4)[nH]c3=O)CC2)cc1Br. The first-order chi connectivity index (χ1) is 16.3. The maximum absolute atomic E-state index is 13.1. The number of H-pyrrole nitrogens is 1. The third-order valence-electron chi connectivity index (χ3n) is 6.81. The predicted molar refractivity (Wildman–Crippen MR) is 138 cm³/mol. The third kappa shape index (κ3) is 4.38. The Morgan fingerprint density at radius 1 is 1.00 bits per heavy atom. The molecule has 0 bridgehead atoms. The molecule has 7 nitrogen and oxygen atoms in total. The summed E-state index contributed by atoms with van der Waals surface area (Å²) in [5.74, 6) is -0.536. The summed E-state index contributed by atoms with van der Waals surface area (Å²) in [5.41, 5.74) is 8.65. The summed E-state index contributed by atoms with van der Waals surface area (Å²) in [5, 5.41) is 0. The topological polar surface area (TPSA) is 101 Å². The van der Waals surface area contributed by atoms with Crippen LogP contribution in [-0.2, 0) is 4.79 Å². The van der Waals surface area contributed by atoms with Crippen LogP contribution < -0.4 is 11.4 Å².